The van der Waals surface area contributed by atoms with Gasteiger partial charge in [-0.3, -0.25) is 10.1 Å². The Balaban J connectivity index is 2.72. The molecule has 0 spiro atoms. The lowest BCUT2D eigenvalue weighted by molar-refractivity contribution is -0.151. The Hall–Kier alpha value is -0.270. The van der Waals surface area contributed by atoms with Gasteiger partial charge in [-0.15, -0.1) is 0 Å². The number of sulfone groups is 1. The summed E-state index contributed by atoms with van der Waals surface area (Å²) < 4.78 is 27.7. The van der Waals surface area contributed by atoms with Crippen molar-refractivity contribution >= 4 is 27.6 Å². The molecule has 0 aliphatic heterocycles. The Kier molecular flexibility index (Phi) is 7.00. The zero-order valence-corrected chi connectivity index (χ0v) is 15.0. The van der Waals surface area contributed by atoms with Crippen LogP contribution in [0.4, 0.5) is 0 Å². The van der Waals surface area contributed by atoms with Crippen molar-refractivity contribution in [1.82, 2.24) is 5.32 Å². The monoisotopic (exact) mass is 337 g/mol. The molecule has 5 nitrogen and oxygen atoms in total. The van der Waals surface area contributed by atoms with Crippen LogP contribution >= 0.6 is 11.8 Å². The molecule has 1 unspecified atom stereocenters. The van der Waals surface area contributed by atoms with E-state index in [1.807, 2.05) is 20.8 Å². The average molecular weight is 338 g/mol. The third kappa shape index (κ3) is 6.16. The Morgan fingerprint density at radius 1 is 1.43 bits per heavy atom. The Morgan fingerprint density at radius 2 is 2.05 bits per heavy atom. The smallest absolute Gasteiger partial charge is 0.327 e. The maximum Gasteiger partial charge on any atom is 0.327 e. The predicted octanol–water partition coefficient (Wildman–Crippen LogP) is 1.47. The molecule has 0 heterocycles. The molecule has 124 valence electrons. The molecular weight excluding hydrogens is 310 g/mol. The van der Waals surface area contributed by atoms with Crippen LogP contribution in [-0.4, -0.2) is 56.1 Å². The molecule has 1 saturated carbocycles. The van der Waals surface area contributed by atoms with E-state index in [-0.39, 0.29) is 17.8 Å². The van der Waals surface area contributed by atoms with Gasteiger partial charge in [0.2, 0.25) is 0 Å². The summed E-state index contributed by atoms with van der Waals surface area (Å²) >= 11 is 1.51. The molecule has 0 saturated heterocycles. The van der Waals surface area contributed by atoms with E-state index in [1.54, 1.807) is 0 Å². The number of nitrogens with one attached hydrogen (secondary N) is 1. The first-order valence-corrected chi connectivity index (χ1v) is 10.6. The highest BCUT2D eigenvalue weighted by atomic mass is 32.2. The molecule has 1 aliphatic rings. The molecule has 0 bridgehead atoms. The second kappa shape index (κ2) is 7.83. The molecule has 0 aromatic heterocycles. The fourth-order valence-electron chi connectivity index (χ4n) is 2.36. The highest BCUT2D eigenvalue weighted by Crippen LogP contribution is 2.42. The van der Waals surface area contributed by atoms with Gasteiger partial charge < -0.3 is 4.74 Å². The van der Waals surface area contributed by atoms with Crippen LogP contribution in [0.2, 0.25) is 0 Å². The Morgan fingerprint density at radius 3 is 2.48 bits per heavy atom. The summed E-state index contributed by atoms with van der Waals surface area (Å²) in [6, 6.07) is 0.172. The van der Waals surface area contributed by atoms with Gasteiger partial charge >= 0.3 is 5.97 Å². The van der Waals surface area contributed by atoms with Gasteiger partial charge in [0.15, 0.2) is 0 Å². The third-order valence-corrected chi connectivity index (χ3v) is 5.74. The summed E-state index contributed by atoms with van der Waals surface area (Å²) in [5.74, 6) is 1.30. The minimum atomic E-state index is -2.96. The first-order chi connectivity index (χ1) is 9.71. The molecular formula is C14H27NO4S2. The largest absolute Gasteiger partial charge is 0.465 e. The molecule has 21 heavy (non-hydrogen) atoms. The topological polar surface area (TPSA) is 72.5 Å². The van der Waals surface area contributed by atoms with E-state index in [2.05, 4.69) is 5.32 Å². The molecule has 0 amide bonds. The predicted molar refractivity (Wildman–Crippen MR) is 87.4 cm³/mol. The second-order valence-corrected chi connectivity index (χ2v) is 9.31. The van der Waals surface area contributed by atoms with E-state index in [9.17, 15) is 13.2 Å². The van der Waals surface area contributed by atoms with Crippen LogP contribution in [0.15, 0.2) is 0 Å². The minimum Gasteiger partial charge on any atom is -0.465 e. The lowest BCUT2D eigenvalue weighted by atomic mass is 9.94. The number of carbonyl (C=O) groups excluding carboxylic acids is 1. The maximum absolute atomic E-state index is 12.5. The zero-order valence-electron chi connectivity index (χ0n) is 13.3. The fourth-order valence-corrected chi connectivity index (χ4v) is 4.94. The number of carbonyl (C=O) groups is 1. The average Bonchev–Trinajstić information content (AvgIpc) is 3.16. The lowest BCUT2D eigenvalue weighted by Gasteiger charge is -2.34. The molecule has 1 aliphatic carbocycles. The van der Waals surface area contributed by atoms with Crippen molar-refractivity contribution in [3.05, 3.63) is 0 Å². The van der Waals surface area contributed by atoms with Gasteiger partial charge in [0, 0.05) is 23.8 Å². The van der Waals surface area contributed by atoms with Crippen LogP contribution in [0.25, 0.3) is 0 Å². The van der Waals surface area contributed by atoms with Crippen LogP contribution in [0.5, 0.6) is 0 Å². The summed E-state index contributed by atoms with van der Waals surface area (Å²) in [7, 11) is -2.96. The number of esters is 1. The Bertz CT molecular complexity index is 446. The SMILES string of the molecule is CCOC(=O)C(CSCCS(C)(=O)=O)(NC(C)C)C1CC1. The minimum absolute atomic E-state index is 0.142. The van der Waals surface area contributed by atoms with Gasteiger partial charge in [0.1, 0.15) is 15.4 Å². The molecule has 1 N–H and O–H groups in total. The zero-order chi connectivity index (χ0) is 16.1. The molecule has 1 atom stereocenters. The van der Waals surface area contributed by atoms with E-state index < -0.39 is 15.4 Å². The van der Waals surface area contributed by atoms with Gasteiger partial charge in [0.05, 0.1) is 12.4 Å². The second-order valence-electron chi connectivity index (χ2n) is 5.95. The van der Waals surface area contributed by atoms with E-state index in [4.69, 9.17) is 4.74 Å². The number of rotatable bonds is 10. The maximum atomic E-state index is 12.5. The molecule has 1 fully saturated rings. The van der Waals surface area contributed by atoms with Crippen molar-refractivity contribution in [1.29, 1.82) is 0 Å². The van der Waals surface area contributed by atoms with Gasteiger partial charge in [-0.05, 0) is 39.5 Å². The molecule has 1 rings (SSSR count). The van der Waals surface area contributed by atoms with Crippen LogP contribution in [0.3, 0.4) is 0 Å². The standard InChI is InChI=1S/C14H27NO4S2/c1-5-19-13(16)14(12-6-7-12,15-11(2)3)10-20-8-9-21(4,17)18/h11-12,15H,5-10H2,1-4H3. The third-order valence-electron chi connectivity index (χ3n) is 3.39. The van der Waals surface area contributed by atoms with Crippen molar-refractivity contribution in [2.75, 3.05) is 30.1 Å². The molecule has 0 aromatic carbocycles. The number of ether oxygens (including phenoxy) is 1. The first kappa shape index (κ1) is 18.8. The Labute approximate surface area is 132 Å². The van der Waals surface area contributed by atoms with Crippen LogP contribution < -0.4 is 5.32 Å². The summed E-state index contributed by atoms with van der Waals surface area (Å²) in [6.07, 6.45) is 3.27. The number of hydrogen-bond donors (Lipinski definition) is 1. The van der Waals surface area contributed by atoms with Crippen LogP contribution in [-0.2, 0) is 19.4 Å². The van der Waals surface area contributed by atoms with Gasteiger partial charge in [-0.2, -0.15) is 11.8 Å². The molecule has 7 heteroatoms. The number of thioether (sulfide) groups is 1. The summed E-state index contributed by atoms with van der Waals surface area (Å²) in [5, 5.41) is 3.39. The summed E-state index contributed by atoms with van der Waals surface area (Å²) in [4.78, 5) is 12.5. The lowest BCUT2D eigenvalue weighted by Crippen LogP contribution is -2.59. The van der Waals surface area contributed by atoms with Gasteiger partial charge in [-0.25, -0.2) is 8.42 Å². The van der Waals surface area contributed by atoms with E-state index in [0.717, 1.165) is 12.8 Å². The molecule has 0 aromatic rings. The van der Waals surface area contributed by atoms with Crippen LogP contribution in [0.1, 0.15) is 33.6 Å². The first-order valence-electron chi connectivity index (χ1n) is 7.41. The van der Waals surface area contributed by atoms with Crippen molar-refractivity contribution in [2.24, 2.45) is 5.92 Å². The fraction of sp³-hybridized carbons (Fsp3) is 0.929. The van der Waals surface area contributed by atoms with Crippen molar-refractivity contribution in [3.63, 3.8) is 0 Å². The van der Waals surface area contributed by atoms with E-state index >= 15 is 0 Å². The van der Waals surface area contributed by atoms with Crippen molar-refractivity contribution in [3.8, 4) is 0 Å². The van der Waals surface area contributed by atoms with Gasteiger partial charge in [0.25, 0.3) is 0 Å². The highest BCUT2D eigenvalue weighted by Gasteiger charge is 2.52. The van der Waals surface area contributed by atoms with Crippen molar-refractivity contribution in [2.45, 2.75) is 45.2 Å². The van der Waals surface area contributed by atoms with E-state index in [1.165, 1.54) is 18.0 Å². The normalized spacial score (nSPS) is 18.5. The van der Waals surface area contributed by atoms with E-state index in [0.29, 0.717) is 24.0 Å². The van der Waals surface area contributed by atoms with Gasteiger partial charge in [-0.1, -0.05) is 0 Å². The summed E-state index contributed by atoms with van der Waals surface area (Å²) in [5.41, 5.74) is -0.674. The quantitative estimate of drug-likeness (QED) is 0.481. The molecule has 0 radical (unpaired) electrons. The van der Waals surface area contributed by atoms with Crippen molar-refractivity contribution < 1.29 is 17.9 Å². The summed E-state index contributed by atoms with van der Waals surface area (Å²) in [6.45, 7) is 6.19. The number of hydrogen-bond acceptors (Lipinski definition) is 6. The van der Waals surface area contributed by atoms with Crippen LogP contribution in [0, 0.1) is 5.92 Å². The highest BCUT2D eigenvalue weighted by molar-refractivity contribution is 8.00.